The van der Waals surface area contributed by atoms with Gasteiger partial charge in [0.05, 0.1) is 25.9 Å². The summed E-state index contributed by atoms with van der Waals surface area (Å²) in [6, 6.07) is 7.26. The van der Waals surface area contributed by atoms with Gasteiger partial charge in [0.25, 0.3) is 0 Å². The monoisotopic (exact) mass is 551 g/mol. The van der Waals surface area contributed by atoms with Crippen LogP contribution in [0.4, 0.5) is 4.79 Å². The number of unbranched alkanes of at least 4 members (excludes halogenated alkanes) is 2. The Morgan fingerprint density at radius 1 is 1.13 bits per heavy atom. The fourth-order valence-electron chi connectivity index (χ4n) is 4.62. The van der Waals surface area contributed by atoms with Crippen LogP contribution in [0.1, 0.15) is 72.8 Å². The molecule has 1 amide bonds. The van der Waals surface area contributed by atoms with Crippen LogP contribution in [0.3, 0.4) is 0 Å². The number of hydrogen-bond acceptors (Lipinski definition) is 8. The predicted octanol–water partition coefficient (Wildman–Crippen LogP) is 5.30. The Kier molecular flexibility index (Phi) is 13.2. The van der Waals surface area contributed by atoms with E-state index in [4.69, 9.17) is 28.4 Å². The van der Waals surface area contributed by atoms with Crippen molar-refractivity contribution in [1.29, 1.82) is 0 Å². The maximum absolute atomic E-state index is 12.8. The van der Waals surface area contributed by atoms with Crippen molar-refractivity contribution in [3.05, 3.63) is 35.9 Å². The highest BCUT2D eigenvalue weighted by Gasteiger charge is 2.50. The fraction of sp³-hybridized carbons (Fsp3) is 0.700. The minimum atomic E-state index is -0.861. The maximum Gasteiger partial charge on any atom is 0.408 e. The number of aliphatic hydroxyl groups is 1. The number of rotatable bonds is 15. The molecule has 0 saturated carbocycles. The van der Waals surface area contributed by atoms with Crippen LogP contribution in [0.2, 0.25) is 0 Å². The summed E-state index contributed by atoms with van der Waals surface area (Å²) in [6.45, 7) is 10.8. The largest absolute Gasteiger partial charge is 0.497 e. The number of ether oxygens (including phenoxy) is 6. The molecule has 0 aliphatic carbocycles. The summed E-state index contributed by atoms with van der Waals surface area (Å²) >= 11 is 0. The lowest BCUT2D eigenvalue weighted by molar-refractivity contribution is -0.160. The molecule has 0 spiro atoms. The van der Waals surface area contributed by atoms with Crippen molar-refractivity contribution in [3.63, 3.8) is 0 Å². The topological polar surface area (TPSA) is 105 Å². The Balaban J connectivity index is 2.04. The first-order valence-corrected chi connectivity index (χ1v) is 13.8. The van der Waals surface area contributed by atoms with Crippen LogP contribution in [0.5, 0.6) is 5.75 Å². The van der Waals surface area contributed by atoms with Crippen molar-refractivity contribution in [2.75, 3.05) is 27.6 Å². The van der Waals surface area contributed by atoms with Crippen LogP contribution >= 0.6 is 0 Å². The maximum atomic E-state index is 12.8. The van der Waals surface area contributed by atoms with Gasteiger partial charge in [-0.25, -0.2) is 4.79 Å². The van der Waals surface area contributed by atoms with E-state index in [0.717, 1.165) is 37.0 Å². The Bertz CT molecular complexity index is 880. The van der Waals surface area contributed by atoms with Crippen molar-refractivity contribution in [2.45, 2.75) is 103 Å². The third kappa shape index (κ3) is 11.5. The van der Waals surface area contributed by atoms with E-state index >= 15 is 0 Å². The average Bonchev–Trinajstić information content (AvgIpc) is 3.20. The molecule has 222 valence electrons. The summed E-state index contributed by atoms with van der Waals surface area (Å²) < 4.78 is 34.1. The summed E-state index contributed by atoms with van der Waals surface area (Å²) in [5.74, 6) is 0.117. The smallest absolute Gasteiger partial charge is 0.408 e. The molecule has 2 N–H and O–H groups in total. The highest BCUT2D eigenvalue weighted by Crippen LogP contribution is 2.36. The molecule has 1 aliphatic rings. The van der Waals surface area contributed by atoms with Gasteiger partial charge in [-0.2, -0.15) is 0 Å². The molecule has 1 saturated heterocycles. The Labute approximate surface area is 234 Å². The summed E-state index contributed by atoms with van der Waals surface area (Å²) in [7, 11) is 3.16. The summed E-state index contributed by atoms with van der Waals surface area (Å²) in [4.78, 5) is 12.8. The SMILES string of the molecule is COCO[C@H](CO)[C@H](NC(=O)OC(C)(C)C)[C@@H]1OC(C)(C)O[C@H]1[C@@H](C)CCCC/C=C/c1ccc(OC)cc1. The van der Waals surface area contributed by atoms with Gasteiger partial charge < -0.3 is 38.8 Å². The Morgan fingerprint density at radius 3 is 2.38 bits per heavy atom. The zero-order valence-corrected chi connectivity index (χ0v) is 24.9. The highest BCUT2D eigenvalue weighted by molar-refractivity contribution is 5.68. The molecule has 0 unspecified atom stereocenters. The van der Waals surface area contributed by atoms with Crippen molar-refractivity contribution in [3.8, 4) is 5.75 Å². The van der Waals surface area contributed by atoms with E-state index in [1.165, 1.54) is 7.11 Å². The predicted molar refractivity (Wildman–Crippen MR) is 150 cm³/mol. The van der Waals surface area contributed by atoms with Gasteiger partial charge in [-0.3, -0.25) is 0 Å². The minimum absolute atomic E-state index is 0.0427. The quantitative estimate of drug-likeness (QED) is 0.224. The Hall–Kier alpha value is -2.17. The molecule has 1 aliphatic heterocycles. The number of allylic oxidation sites excluding steroid dienone is 1. The molecule has 5 atom stereocenters. The van der Waals surface area contributed by atoms with Crippen LogP contribution in [-0.2, 0) is 23.7 Å². The van der Waals surface area contributed by atoms with E-state index in [9.17, 15) is 9.90 Å². The molecule has 9 nitrogen and oxygen atoms in total. The van der Waals surface area contributed by atoms with Gasteiger partial charge in [-0.15, -0.1) is 0 Å². The summed E-state index contributed by atoms with van der Waals surface area (Å²) in [6.07, 6.45) is 5.96. The number of alkyl carbamates (subject to hydrolysis) is 1. The first-order chi connectivity index (χ1) is 18.4. The molecule has 1 aromatic carbocycles. The molecule has 0 aromatic heterocycles. The number of amides is 1. The third-order valence-corrected chi connectivity index (χ3v) is 6.45. The van der Waals surface area contributed by atoms with Gasteiger partial charge in [-0.05, 0) is 77.5 Å². The molecular weight excluding hydrogens is 502 g/mol. The number of methoxy groups -OCH3 is 2. The van der Waals surface area contributed by atoms with E-state index < -0.39 is 35.7 Å². The second kappa shape index (κ2) is 15.6. The molecule has 1 heterocycles. The van der Waals surface area contributed by atoms with Crippen LogP contribution in [0.15, 0.2) is 30.3 Å². The molecular formula is C30H49NO8. The molecule has 9 heteroatoms. The van der Waals surface area contributed by atoms with Gasteiger partial charge in [0, 0.05) is 7.11 Å². The molecule has 1 aromatic rings. The number of carbonyl (C=O) groups is 1. The summed E-state index contributed by atoms with van der Waals surface area (Å²) in [5.41, 5.74) is 0.459. The summed E-state index contributed by atoms with van der Waals surface area (Å²) in [5, 5.41) is 13.0. The highest BCUT2D eigenvalue weighted by atomic mass is 16.8. The zero-order valence-electron chi connectivity index (χ0n) is 24.9. The van der Waals surface area contributed by atoms with Crippen molar-refractivity contribution in [2.24, 2.45) is 5.92 Å². The number of nitrogens with one attached hydrogen (secondary N) is 1. The van der Waals surface area contributed by atoms with Gasteiger partial charge in [0.2, 0.25) is 0 Å². The van der Waals surface area contributed by atoms with Crippen LogP contribution in [0.25, 0.3) is 6.08 Å². The number of benzene rings is 1. The van der Waals surface area contributed by atoms with E-state index in [-0.39, 0.29) is 25.4 Å². The Morgan fingerprint density at radius 2 is 1.79 bits per heavy atom. The second-order valence-corrected chi connectivity index (χ2v) is 11.5. The van der Waals surface area contributed by atoms with Crippen molar-refractivity contribution < 1.29 is 38.3 Å². The number of carbonyl (C=O) groups excluding carboxylic acids is 1. The lowest BCUT2D eigenvalue weighted by atomic mass is 9.89. The van der Waals surface area contributed by atoms with E-state index in [1.807, 2.05) is 38.1 Å². The number of aliphatic hydroxyl groups excluding tert-OH is 1. The van der Waals surface area contributed by atoms with Crippen LogP contribution in [-0.4, -0.2) is 74.6 Å². The average molecular weight is 552 g/mol. The third-order valence-electron chi connectivity index (χ3n) is 6.45. The standard InChI is InChI=1S/C30H49NO8/c1-21(13-11-9-10-12-14-22-15-17-23(35-8)18-16-22)26-27(38-30(5,6)37-26)25(24(19-32)36-20-34-7)31-28(33)39-29(2,3)4/h12,14-18,21,24-27,32H,9-11,13,19-20H2,1-8H3,(H,31,33)/b14-12+/t21-,24+,25-,26-,27-/m0/s1. The van der Waals surface area contributed by atoms with Crippen molar-refractivity contribution >= 4 is 12.2 Å². The van der Waals surface area contributed by atoms with E-state index in [2.05, 4.69) is 24.4 Å². The fourth-order valence-corrected chi connectivity index (χ4v) is 4.62. The minimum Gasteiger partial charge on any atom is -0.497 e. The number of hydrogen-bond donors (Lipinski definition) is 2. The molecule has 0 bridgehead atoms. The van der Waals surface area contributed by atoms with Crippen LogP contribution in [0, 0.1) is 5.92 Å². The van der Waals surface area contributed by atoms with Gasteiger partial charge in [-0.1, -0.05) is 37.6 Å². The first kappa shape index (κ1) is 33.0. The van der Waals surface area contributed by atoms with Gasteiger partial charge >= 0.3 is 6.09 Å². The zero-order chi connectivity index (χ0) is 29.1. The van der Waals surface area contributed by atoms with Crippen LogP contribution < -0.4 is 10.1 Å². The van der Waals surface area contributed by atoms with E-state index in [0.29, 0.717) is 0 Å². The van der Waals surface area contributed by atoms with Gasteiger partial charge in [0.1, 0.15) is 30.4 Å². The van der Waals surface area contributed by atoms with Crippen molar-refractivity contribution in [1.82, 2.24) is 5.32 Å². The lowest BCUT2D eigenvalue weighted by Gasteiger charge is -2.35. The lowest BCUT2D eigenvalue weighted by Crippen LogP contribution is -2.57. The molecule has 39 heavy (non-hydrogen) atoms. The molecule has 1 fully saturated rings. The molecule has 0 radical (unpaired) electrons. The molecule has 2 rings (SSSR count). The van der Waals surface area contributed by atoms with Gasteiger partial charge in [0.15, 0.2) is 5.79 Å². The van der Waals surface area contributed by atoms with E-state index in [1.54, 1.807) is 27.9 Å². The first-order valence-electron chi connectivity index (χ1n) is 13.8. The normalized spacial score (nSPS) is 21.5. The second-order valence-electron chi connectivity index (χ2n) is 11.5.